The van der Waals surface area contributed by atoms with Crippen molar-refractivity contribution in [1.29, 1.82) is 0 Å². The summed E-state index contributed by atoms with van der Waals surface area (Å²) in [7, 11) is 0. The third-order valence-corrected chi connectivity index (χ3v) is 3.41. The second-order valence-electron chi connectivity index (χ2n) is 4.81. The highest BCUT2D eigenvalue weighted by Crippen LogP contribution is 2.17. The molecule has 0 radical (unpaired) electrons. The normalized spacial score (nSPS) is 19.2. The molecular weight excluding hydrogens is 233 g/mol. The van der Waals surface area contributed by atoms with Crippen molar-refractivity contribution in [3.8, 4) is 0 Å². The average Bonchev–Trinajstić information content (AvgIpc) is 2.85. The van der Waals surface area contributed by atoms with E-state index in [-0.39, 0.29) is 24.2 Å². The maximum absolute atomic E-state index is 13.0. The first kappa shape index (κ1) is 13.0. The summed E-state index contributed by atoms with van der Waals surface area (Å²) in [5.74, 6) is 0.0554. The fraction of sp³-hybridized carbons (Fsp3) is 0.500. The molecular formula is C14H18FNO2. The Morgan fingerprint density at radius 2 is 2.33 bits per heavy atom. The molecule has 0 spiro atoms. The van der Waals surface area contributed by atoms with Gasteiger partial charge in [0.2, 0.25) is 5.91 Å². The number of benzene rings is 1. The summed E-state index contributed by atoms with van der Waals surface area (Å²) < 4.78 is 13.0. The summed E-state index contributed by atoms with van der Waals surface area (Å²) >= 11 is 0. The smallest absolute Gasteiger partial charge is 0.222 e. The third kappa shape index (κ3) is 3.29. The van der Waals surface area contributed by atoms with E-state index in [1.165, 1.54) is 12.1 Å². The Labute approximate surface area is 106 Å². The van der Waals surface area contributed by atoms with Gasteiger partial charge in [0.25, 0.3) is 0 Å². The van der Waals surface area contributed by atoms with Crippen molar-refractivity contribution in [2.45, 2.75) is 19.3 Å². The molecule has 1 N–H and O–H groups in total. The van der Waals surface area contributed by atoms with E-state index in [1.54, 1.807) is 11.0 Å². The molecule has 0 bridgehead atoms. The Balaban J connectivity index is 1.82. The highest BCUT2D eigenvalue weighted by atomic mass is 19.1. The average molecular weight is 251 g/mol. The third-order valence-electron chi connectivity index (χ3n) is 3.41. The van der Waals surface area contributed by atoms with Gasteiger partial charge in [-0.3, -0.25) is 4.79 Å². The van der Waals surface area contributed by atoms with Gasteiger partial charge in [-0.05, 0) is 30.5 Å². The van der Waals surface area contributed by atoms with E-state index in [9.17, 15) is 9.18 Å². The summed E-state index contributed by atoms with van der Waals surface area (Å²) in [6.45, 7) is 1.53. The lowest BCUT2D eigenvalue weighted by atomic mass is 10.1. The zero-order chi connectivity index (χ0) is 13.0. The van der Waals surface area contributed by atoms with Gasteiger partial charge in [0.1, 0.15) is 5.82 Å². The van der Waals surface area contributed by atoms with Crippen LogP contribution in [0.3, 0.4) is 0 Å². The number of amides is 1. The molecule has 1 aliphatic heterocycles. The van der Waals surface area contributed by atoms with E-state index in [1.807, 2.05) is 6.07 Å². The van der Waals surface area contributed by atoms with E-state index < -0.39 is 0 Å². The molecule has 0 saturated carbocycles. The van der Waals surface area contributed by atoms with Crippen LogP contribution >= 0.6 is 0 Å². The molecule has 1 unspecified atom stereocenters. The maximum atomic E-state index is 13.0. The van der Waals surface area contributed by atoms with Crippen LogP contribution in [0.5, 0.6) is 0 Å². The molecule has 1 saturated heterocycles. The Hall–Kier alpha value is -1.42. The number of aliphatic hydroxyl groups excluding tert-OH is 1. The lowest BCUT2D eigenvalue weighted by Gasteiger charge is -2.16. The highest BCUT2D eigenvalue weighted by molar-refractivity contribution is 5.76. The van der Waals surface area contributed by atoms with Crippen molar-refractivity contribution >= 4 is 5.91 Å². The van der Waals surface area contributed by atoms with Crippen LogP contribution in [0, 0.1) is 11.7 Å². The van der Waals surface area contributed by atoms with Gasteiger partial charge in [0, 0.05) is 32.0 Å². The molecule has 1 atom stereocenters. The number of hydrogen-bond donors (Lipinski definition) is 1. The molecule has 1 amide bonds. The molecule has 2 rings (SSSR count). The molecule has 0 aromatic heterocycles. The minimum Gasteiger partial charge on any atom is -0.396 e. The highest BCUT2D eigenvalue weighted by Gasteiger charge is 2.25. The lowest BCUT2D eigenvalue weighted by molar-refractivity contribution is -0.130. The summed E-state index contributed by atoms with van der Waals surface area (Å²) in [6.07, 6.45) is 1.85. The zero-order valence-electron chi connectivity index (χ0n) is 10.3. The molecule has 1 fully saturated rings. The number of aryl methyl sites for hydroxylation is 1. The van der Waals surface area contributed by atoms with Crippen LogP contribution in [0.4, 0.5) is 4.39 Å². The van der Waals surface area contributed by atoms with E-state index in [0.717, 1.165) is 18.5 Å². The number of likely N-dealkylation sites (tertiary alicyclic amines) is 1. The van der Waals surface area contributed by atoms with Crippen LogP contribution in [-0.2, 0) is 11.2 Å². The molecule has 1 aromatic rings. The van der Waals surface area contributed by atoms with Crippen molar-refractivity contribution in [1.82, 2.24) is 4.90 Å². The van der Waals surface area contributed by atoms with Crippen molar-refractivity contribution in [2.75, 3.05) is 19.7 Å². The second kappa shape index (κ2) is 5.96. The Bertz CT molecular complexity index is 422. The SMILES string of the molecule is O=C(CCc1cccc(F)c1)N1CCC(CO)C1. The first-order chi connectivity index (χ1) is 8.69. The first-order valence-electron chi connectivity index (χ1n) is 6.32. The molecule has 1 aromatic carbocycles. The molecule has 1 heterocycles. The largest absolute Gasteiger partial charge is 0.396 e. The minimum atomic E-state index is -0.263. The number of carbonyl (C=O) groups is 1. The van der Waals surface area contributed by atoms with Gasteiger partial charge in [-0.15, -0.1) is 0 Å². The predicted molar refractivity (Wildman–Crippen MR) is 66.5 cm³/mol. The van der Waals surface area contributed by atoms with Gasteiger partial charge in [-0.25, -0.2) is 4.39 Å². The molecule has 0 aliphatic carbocycles. The van der Waals surface area contributed by atoms with Crippen molar-refractivity contribution in [2.24, 2.45) is 5.92 Å². The summed E-state index contributed by atoms with van der Waals surface area (Å²) in [5.41, 5.74) is 0.848. The van der Waals surface area contributed by atoms with Crippen LogP contribution in [0.2, 0.25) is 0 Å². The molecule has 1 aliphatic rings. The quantitative estimate of drug-likeness (QED) is 0.883. The number of hydrogen-bond acceptors (Lipinski definition) is 2. The van der Waals surface area contributed by atoms with Crippen LogP contribution in [0.1, 0.15) is 18.4 Å². The lowest BCUT2D eigenvalue weighted by Crippen LogP contribution is -2.29. The number of aliphatic hydroxyl groups is 1. The van der Waals surface area contributed by atoms with Crippen molar-refractivity contribution in [3.05, 3.63) is 35.6 Å². The predicted octanol–water partition coefficient (Wildman–Crippen LogP) is 1.60. The van der Waals surface area contributed by atoms with Crippen LogP contribution in [0.25, 0.3) is 0 Å². The second-order valence-corrected chi connectivity index (χ2v) is 4.81. The van der Waals surface area contributed by atoms with E-state index in [4.69, 9.17) is 5.11 Å². The van der Waals surface area contributed by atoms with Crippen LogP contribution in [-0.4, -0.2) is 35.6 Å². The van der Waals surface area contributed by atoms with Crippen molar-refractivity contribution in [3.63, 3.8) is 0 Å². The number of carbonyl (C=O) groups excluding carboxylic acids is 1. The first-order valence-corrected chi connectivity index (χ1v) is 6.32. The Kier molecular flexibility index (Phi) is 4.31. The monoisotopic (exact) mass is 251 g/mol. The van der Waals surface area contributed by atoms with Gasteiger partial charge in [0.05, 0.1) is 0 Å². The minimum absolute atomic E-state index is 0.0928. The topological polar surface area (TPSA) is 40.5 Å². The molecule has 18 heavy (non-hydrogen) atoms. The molecule has 4 heteroatoms. The van der Waals surface area contributed by atoms with Gasteiger partial charge < -0.3 is 10.0 Å². The summed E-state index contributed by atoms with van der Waals surface area (Å²) in [5, 5.41) is 9.02. The zero-order valence-corrected chi connectivity index (χ0v) is 10.3. The van der Waals surface area contributed by atoms with Crippen molar-refractivity contribution < 1.29 is 14.3 Å². The van der Waals surface area contributed by atoms with Gasteiger partial charge in [-0.2, -0.15) is 0 Å². The number of rotatable bonds is 4. The van der Waals surface area contributed by atoms with Gasteiger partial charge in [0.15, 0.2) is 0 Å². The Morgan fingerprint density at radius 1 is 1.50 bits per heavy atom. The summed E-state index contributed by atoms with van der Waals surface area (Å²) in [6, 6.07) is 6.36. The maximum Gasteiger partial charge on any atom is 0.222 e. The Morgan fingerprint density at radius 3 is 3.00 bits per heavy atom. The fourth-order valence-electron chi connectivity index (χ4n) is 2.31. The molecule has 98 valence electrons. The fourth-order valence-corrected chi connectivity index (χ4v) is 2.31. The molecule has 3 nitrogen and oxygen atoms in total. The van der Waals surface area contributed by atoms with E-state index in [0.29, 0.717) is 19.4 Å². The number of halogens is 1. The van der Waals surface area contributed by atoms with Gasteiger partial charge >= 0.3 is 0 Å². The standard InChI is InChI=1S/C14H18FNO2/c15-13-3-1-2-11(8-13)4-5-14(18)16-7-6-12(9-16)10-17/h1-3,8,12,17H,4-7,9-10H2. The van der Waals surface area contributed by atoms with Gasteiger partial charge in [-0.1, -0.05) is 12.1 Å². The van der Waals surface area contributed by atoms with Crippen LogP contribution in [0.15, 0.2) is 24.3 Å². The van der Waals surface area contributed by atoms with E-state index in [2.05, 4.69) is 0 Å². The number of nitrogens with zero attached hydrogens (tertiary/aromatic N) is 1. The van der Waals surface area contributed by atoms with Crippen LogP contribution < -0.4 is 0 Å². The van der Waals surface area contributed by atoms with E-state index >= 15 is 0 Å². The summed E-state index contributed by atoms with van der Waals surface area (Å²) in [4.78, 5) is 13.7.